The third-order valence-electron chi connectivity index (χ3n) is 4.61. The maximum absolute atomic E-state index is 11.1. The number of carbonyl (C=O) groups is 1. The van der Waals surface area contributed by atoms with Gasteiger partial charge in [-0.15, -0.1) is 16.4 Å². The molecule has 3 saturated carbocycles. The quantitative estimate of drug-likeness (QED) is 0.931. The highest BCUT2D eigenvalue weighted by atomic mass is 32.1. The van der Waals surface area contributed by atoms with Crippen molar-refractivity contribution < 1.29 is 9.90 Å². The van der Waals surface area contributed by atoms with E-state index in [0.29, 0.717) is 0 Å². The second-order valence-electron chi connectivity index (χ2n) is 6.18. The van der Waals surface area contributed by atoms with E-state index < -0.39 is 11.4 Å². The molecule has 20 heavy (non-hydrogen) atoms. The maximum Gasteiger partial charge on any atom is 0.309 e. The molecule has 3 fully saturated rings. The Morgan fingerprint density at radius 2 is 2.25 bits per heavy atom. The van der Waals surface area contributed by atoms with Gasteiger partial charge in [-0.2, -0.15) is 0 Å². The van der Waals surface area contributed by atoms with Crippen molar-refractivity contribution in [3.05, 3.63) is 17.4 Å². The molecule has 2 heterocycles. The Morgan fingerprint density at radius 3 is 2.85 bits per heavy atom. The number of aromatic nitrogens is 4. The minimum atomic E-state index is -0.640. The number of nitrogens with zero attached hydrogens (tertiary/aromatic N) is 4. The van der Waals surface area contributed by atoms with Gasteiger partial charge in [-0.1, -0.05) is 5.21 Å². The molecule has 3 aliphatic carbocycles. The monoisotopic (exact) mass is 290 g/mol. The first-order chi connectivity index (χ1) is 9.52. The molecule has 2 bridgehead atoms. The molecular formula is C13H14N4O2S. The van der Waals surface area contributed by atoms with Gasteiger partial charge in [0.2, 0.25) is 0 Å². The fourth-order valence-electron chi connectivity index (χ4n) is 3.76. The van der Waals surface area contributed by atoms with Gasteiger partial charge < -0.3 is 5.11 Å². The molecule has 5 rings (SSSR count). The summed E-state index contributed by atoms with van der Waals surface area (Å²) < 4.78 is 1.85. The van der Waals surface area contributed by atoms with Gasteiger partial charge in [-0.3, -0.25) is 9.48 Å². The molecule has 0 aromatic carbocycles. The molecule has 0 unspecified atom stereocenters. The van der Waals surface area contributed by atoms with E-state index in [2.05, 4.69) is 15.3 Å². The average molecular weight is 290 g/mol. The lowest BCUT2D eigenvalue weighted by molar-refractivity contribution is -0.228. The molecule has 0 radical (unpaired) electrons. The van der Waals surface area contributed by atoms with Crippen LogP contribution in [0.3, 0.4) is 0 Å². The molecule has 0 aliphatic heterocycles. The van der Waals surface area contributed by atoms with Crippen molar-refractivity contribution in [2.45, 2.75) is 32.7 Å². The number of carboxylic acids is 1. The topological polar surface area (TPSA) is 80.9 Å². The number of aryl methyl sites for hydroxylation is 1. The molecule has 0 amide bonds. The van der Waals surface area contributed by atoms with Crippen LogP contribution in [0.15, 0.2) is 11.7 Å². The summed E-state index contributed by atoms with van der Waals surface area (Å²) >= 11 is 1.56. The maximum atomic E-state index is 11.1. The summed E-state index contributed by atoms with van der Waals surface area (Å²) in [6, 6.07) is 0. The molecule has 0 spiro atoms. The van der Waals surface area contributed by atoms with Gasteiger partial charge in [0.05, 0.1) is 27.7 Å². The molecule has 3 aliphatic rings. The van der Waals surface area contributed by atoms with Gasteiger partial charge in [-0.25, -0.2) is 4.98 Å². The van der Waals surface area contributed by atoms with Crippen LogP contribution in [0.2, 0.25) is 0 Å². The molecule has 0 atom stereocenters. The summed E-state index contributed by atoms with van der Waals surface area (Å²) in [7, 11) is 0. The summed E-state index contributed by atoms with van der Waals surface area (Å²) in [5.41, 5.74) is 3.35. The van der Waals surface area contributed by atoms with E-state index >= 15 is 0 Å². The molecule has 2 aromatic heterocycles. The molecule has 2 aromatic rings. The smallest absolute Gasteiger partial charge is 0.309 e. The zero-order chi connectivity index (χ0) is 14.0. The van der Waals surface area contributed by atoms with Crippen LogP contribution in [-0.2, 0) is 11.3 Å². The number of carboxylic acid groups (broad SMARTS) is 1. The largest absolute Gasteiger partial charge is 0.481 e. The van der Waals surface area contributed by atoms with E-state index in [1.165, 1.54) is 0 Å². The highest BCUT2D eigenvalue weighted by Gasteiger charge is 2.71. The zero-order valence-electron chi connectivity index (χ0n) is 11.0. The molecule has 6 nitrogen and oxygen atoms in total. The van der Waals surface area contributed by atoms with Crippen molar-refractivity contribution in [3.8, 4) is 10.6 Å². The van der Waals surface area contributed by atoms with E-state index in [9.17, 15) is 4.79 Å². The predicted octanol–water partition coefficient (Wildman–Crippen LogP) is 1.96. The molecule has 1 N–H and O–H groups in total. The Morgan fingerprint density at radius 1 is 1.50 bits per heavy atom. The second-order valence-corrected chi connectivity index (χ2v) is 7.04. The van der Waals surface area contributed by atoms with Crippen LogP contribution in [0.1, 0.15) is 25.0 Å². The zero-order valence-corrected chi connectivity index (χ0v) is 11.9. The highest BCUT2D eigenvalue weighted by molar-refractivity contribution is 7.13. The van der Waals surface area contributed by atoms with Gasteiger partial charge in [0.1, 0.15) is 5.69 Å². The van der Waals surface area contributed by atoms with Crippen LogP contribution in [0.4, 0.5) is 0 Å². The van der Waals surface area contributed by atoms with Gasteiger partial charge in [0, 0.05) is 6.54 Å². The fourth-order valence-corrected chi connectivity index (χ4v) is 4.52. The van der Waals surface area contributed by atoms with Crippen molar-refractivity contribution in [1.29, 1.82) is 0 Å². The lowest BCUT2D eigenvalue weighted by atomic mass is 9.35. The van der Waals surface area contributed by atoms with Crippen molar-refractivity contribution >= 4 is 17.3 Å². The summed E-state index contributed by atoms with van der Waals surface area (Å²) in [4.78, 5) is 16.4. The summed E-state index contributed by atoms with van der Waals surface area (Å²) in [6.07, 6.45) is 4.28. The summed E-state index contributed by atoms with van der Waals surface area (Å²) in [5.74, 6) is -0.640. The van der Waals surface area contributed by atoms with Gasteiger partial charge in [-0.05, 0) is 31.6 Å². The summed E-state index contributed by atoms with van der Waals surface area (Å²) in [5, 5.41) is 17.5. The highest BCUT2D eigenvalue weighted by Crippen LogP contribution is 2.73. The number of rotatable bonds is 4. The molecule has 104 valence electrons. The lowest BCUT2D eigenvalue weighted by Gasteiger charge is -2.68. The van der Waals surface area contributed by atoms with Gasteiger partial charge >= 0.3 is 5.97 Å². The van der Waals surface area contributed by atoms with Crippen LogP contribution in [-0.4, -0.2) is 31.1 Å². The van der Waals surface area contributed by atoms with Crippen molar-refractivity contribution in [3.63, 3.8) is 0 Å². The summed E-state index contributed by atoms with van der Waals surface area (Å²) in [6.45, 7) is 2.73. The average Bonchev–Trinajstić information content (AvgIpc) is 2.89. The normalized spacial score (nSPS) is 30.6. The first-order valence-corrected chi connectivity index (χ1v) is 7.44. The Kier molecular flexibility index (Phi) is 2.20. The van der Waals surface area contributed by atoms with Crippen LogP contribution < -0.4 is 0 Å². The minimum absolute atomic E-state index is 0.145. The molecular weight excluding hydrogens is 276 g/mol. The van der Waals surface area contributed by atoms with Gasteiger partial charge in [0.15, 0.2) is 0 Å². The lowest BCUT2D eigenvalue weighted by Crippen LogP contribution is -2.66. The third kappa shape index (κ3) is 1.49. The Bertz CT molecular complexity index is 685. The Balaban J connectivity index is 1.49. The minimum Gasteiger partial charge on any atom is -0.481 e. The third-order valence-corrected chi connectivity index (χ3v) is 5.56. The second kappa shape index (κ2) is 3.66. The number of hydrogen-bond donors (Lipinski definition) is 1. The van der Waals surface area contributed by atoms with Crippen LogP contribution in [0, 0.1) is 17.8 Å². The molecule has 0 saturated heterocycles. The van der Waals surface area contributed by atoms with E-state index in [-0.39, 0.29) is 5.41 Å². The van der Waals surface area contributed by atoms with E-state index in [1.54, 1.807) is 16.8 Å². The SMILES string of the molecule is Cc1ncsc1-c1cn(CC23CC(C(=O)O)(C2)C3)nn1. The standard InChI is InChI=1S/C13H14N4O2S/c1-8-10(20-7-14-8)9-2-17(16-15-9)6-12-3-13(4-12,5-12)11(18)19/h2,7H,3-6H2,1H3,(H,18,19). The van der Waals surface area contributed by atoms with Gasteiger partial charge in [0.25, 0.3) is 0 Å². The van der Waals surface area contributed by atoms with E-state index in [1.807, 2.05) is 17.8 Å². The number of hydrogen-bond acceptors (Lipinski definition) is 5. The molecule has 7 heteroatoms. The fraction of sp³-hybridized carbons (Fsp3) is 0.538. The Labute approximate surface area is 119 Å². The van der Waals surface area contributed by atoms with Crippen LogP contribution in [0.5, 0.6) is 0 Å². The van der Waals surface area contributed by atoms with E-state index in [0.717, 1.165) is 42.1 Å². The van der Waals surface area contributed by atoms with Crippen molar-refractivity contribution in [2.75, 3.05) is 0 Å². The van der Waals surface area contributed by atoms with Crippen molar-refractivity contribution in [1.82, 2.24) is 20.0 Å². The Hall–Kier alpha value is -1.76. The van der Waals surface area contributed by atoms with Crippen LogP contribution in [0.25, 0.3) is 10.6 Å². The number of thiazole rings is 1. The first-order valence-electron chi connectivity index (χ1n) is 6.56. The van der Waals surface area contributed by atoms with Crippen molar-refractivity contribution in [2.24, 2.45) is 10.8 Å². The number of aliphatic carboxylic acids is 1. The van der Waals surface area contributed by atoms with Crippen LogP contribution >= 0.6 is 11.3 Å². The van der Waals surface area contributed by atoms with E-state index in [4.69, 9.17) is 5.11 Å². The first kappa shape index (κ1) is 12.0. The predicted molar refractivity (Wildman–Crippen MR) is 72.2 cm³/mol.